The highest BCUT2D eigenvalue weighted by molar-refractivity contribution is 5.97. The van der Waals surface area contributed by atoms with E-state index in [4.69, 9.17) is 4.52 Å². The first-order chi connectivity index (χ1) is 9.74. The third-order valence-electron chi connectivity index (χ3n) is 3.31. The van der Waals surface area contributed by atoms with Gasteiger partial charge < -0.3 is 15.2 Å². The van der Waals surface area contributed by atoms with E-state index in [0.717, 1.165) is 30.6 Å². The molecule has 7 heteroatoms. The smallest absolute Gasteiger partial charge is 0.252 e. The van der Waals surface area contributed by atoms with Crippen LogP contribution in [0.25, 0.3) is 0 Å². The van der Waals surface area contributed by atoms with E-state index >= 15 is 0 Å². The van der Waals surface area contributed by atoms with Gasteiger partial charge in [-0.25, -0.2) is 0 Å². The number of hydrogen-bond donors (Lipinski definition) is 2. The largest absolute Gasteiger partial charge is 0.385 e. The van der Waals surface area contributed by atoms with Crippen molar-refractivity contribution in [2.24, 2.45) is 0 Å². The number of fused-ring (bicyclic) bond motifs is 1. The molecule has 2 N–H and O–H groups in total. The van der Waals surface area contributed by atoms with Crippen LogP contribution in [0, 0.1) is 6.92 Å². The number of amides is 1. The van der Waals surface area contributed by atoms with E-state index in [0.29, 0.717) is 17.3 Å². The first kappa shape index (κ1) is 15.3. The molecule has 0 aliphatic carbocycles. The van der Waals surface area contributed by atoms with Crippen molar-refractivity contribution in [3.05, 3.63) is 41.0 Å². The summed E-state index contributed by atoms with van der Waals surface area (Å²) in [6, 6.07) is 5.75. The monoisotopic (exact) mass is 308 g/mol. The number of carbonyl (C=O) groups excluding carboxylic acids is 1. The Morgan fingerprint density at radius 2 is 2.33 bits per heavy atom. The Morgan fingerprint density at radius 1 is 1.48 bits per heavy atom. The Labute approximate surface area is 128 Å². The minimum atomic E-state index is -0.110. The summed E-state index contributed by atoms with van der Waals surface area (Å²) < 4.78 is 4.98. The third-order valence-corrected chi connectivity index (χ3v) is 3.31. The zero-order valence-corrected chi connectivity index (χ0v) is 12.5. The highest BCUT2D eigenvalue weighted by Gasteiger charge is 2.17. The Morgan fingerprint density at radius 3 is 3.10 bits per heavy atom. The molecule has 1 aliphatic heterocycles. The van der Waals surface area contributed by atoms with E-state index in [1.54, 1.807) is 6.92 Å². The molecular weight excluding hydrogens is 292 g/mol. The van der Waals surface area contributed by atoms with Gasteiger partial charge in [-0.05, 0) is 37.5 Å². The first-order valence-electron chi connectivity index (χ1n) is 6.67. The van der Waals surface area contributed by atoms with Crippen molar-refractivity contribution in [1.82, 2.24) is 15.5 Å². The predicted octanol–water partition coefficient (Wildman–Crippen LogP) is 2.09. The molecule has 0 unspecified atom stereocenters. The molecule has 3 rings (SSSR count). The van der Waals surface area contributed by atoms with E-state index in [2.05, 4.69) is 20.8 Å². The number of hydrogen-bond acceptors (Lipinski definition) is 5. The molecular formula is C14H17ClN4O2. The van der Waals surface area contributed by atoms with E-state index in [-0.39, 0.29) is 24.9 Å². The van der Waals surface area contributed by atoms with E-state index in [1.165, 1.54) is 0 Å². The molecule has 1 aliphatic rings. The van der Waals surface area contributed by atoms with Gasteiger partial charge in [0.25, 0.3) is 5.91 Å². The molecule has 0 fully saturated rings. The van der Waals surface area contributed by atoms with Crippen molar-refractivity contribution in [3.63, 3.8) is 0 Å². The second-order valence-electron chi connectivity index (χ2n) is 4.78. The SMILES string of the molecule is Cc1noc(CNC(=O)c2cccc3c2CCCN3)n1.Cl. The molecule has 112 valence electrons. The van der Waals surface area contributed by atoms with Gasteiger partial charge in [-0.2, -0.15) is 4.98 Å². The lowest BCUT2D eigenvalue weighted by atomic mass is 9.97. The van der Waals surface area contributed by atoms with Crippen molar-refractivity contribution in [3.8, 4) is 0 Å². The summed E-state index contributed by atoms with van der Waals surface area (Å²) in [4.78, 5) is 16.3. The molecule has 0 bridgehead atoms. The van der Waals surface area contributed by atoms with Crippen molar-refractivity contribution < 1.29 is 9.32 Å². The third kappa shape index (κ3) is 3.33. The number of rotatable bonds is 3. The van der Waals surface area contributed by atoms with E-state index < -0.39 is 0 Å². The van der Waals surface area contributed by atoms with Gasteiger partial charge >= 0.3 is 0 Å². The maximum absolute atomic E-state index is 12.3. The molecule has 1 aromatic heterocycles. The Bertz CT molecular complexity index is 642. The van der Waals surface area contributed by atoms with Crippen molar-refractivity contribution in [2.45, 2.75) is 26.3 Å². The van der Waals surface area contributed by atoms with Gasteiger partial charge in [0.2, 0.25) is 5.89 Å². The number of nitrogens with one attached hydrogen (secondary N) is 2. The standard InChI is InChI=1S/C14H16N4O2.ClH/c1-9-17-13(20-18-9)8-16-14(19)11-4-2-6-12-10(11)5-3-7-15-12;/h2,4,6,15H,3,5,7-8H2,1H3,(H,16,19);1H. The van der Waals surface area contributed by atoms with Crippen LogP contribution in [0.5, 0.6) is 0 Å². The molecule has 1 amide bonds. The van der Waals surface area contributed by atoms with Crippen LogP contribution in [-0.4, -0.2) is 22.6 Å². The number of benzene rings is 1. The number of aromatic nitrogens is 2. The maximum atomic E-state index is 12.3. The molecule has 0 atom stereocenters. The van der Waals surface area contributed by atoms with Crippen molar-refractivity contribution >= 4 is 24.0 Å². The minimum absolute atomic E-state index is 0. The number of anilines is 1. The number of aryl methyl sites for hydroxylation is 1. The van der Waals surface area contributed by atoms with Crippen molar-refractivity contribution in [2.75, 3.05) is 11.9 Å². The summed E-state index contributed by atoms with van der Waals surface area (Å²) in [5.74, 6) is 0.871. The topological polar surface area (TPSA) is 80.0 Å². The maximum Gasteiger partial charge on any atom is 0.252 e. The molecule has 2 aromatic rings. The molecule has 2 heterocycles. The average molecular weight is 309 g/mol. The summed E-state index contributed by atoms with van der Waals surface area (Å²) in [5, 5.41) is 9.82. The van der Waals surface area contributed by atoms with E-state index in [1.807, 2.05) is 18.2 Å². The first-order valence-corrected chi connectivity index (χ1v) is 6.67. The van der Waals surface area contributed by atoms with Crippen LogP contribution in [0.3, 0.4) is 0 Å². The van der Waals surface area contributed by atoms with E-state index in [9.17, 15) is 4.79 Å². The molecule has 1 aromatic carbocycles. The quantitative estimate of drug-likeness (QED) is 0.907. The van der Waals surface area contributed by atoms with Crippen LogP contribution in [0.4, 0.5) is 5.69 Å². The van der Waals surface area contributed by atoms with Crippen LogP contribution < -0.4 is 10.6 Å². The van der Waals surface area contributed by atoms with Gasteiger partial charge in [-0.3, -0.25) is 4.79 Å². The van der Waals surface area contributed by atoms with Crippen LogP contribution in [0.15, 0.2) is 22.7 Å². The summed E-state index contributed by atoms with van der Waals surface area (Å²) >= 11 is 0. The molecule has 21 heavy (non-hydrogen) atoms. The lowest BCUT2D eigenvalue weighted by molar-refractivity contribution is 0.0945. The van der Waals surface area contributed by atoms with Crippen LogP contribution in [0.2, 0.25) is 0 Å². The Hall–Kier alpha value is -2.08. The van der Waals surface area contributed by atoms with Crippen molar-refractivity contribution in [1.29, 1.82) is 0 Å². The average Bonchev–Trinajstić information content (AvgIpc) is 2.90. The number of nitrogens with zero attached hydrogens (tertiary/aromatic N) is 2. The molecule has 0 saturated carbocycles. The van der Waals surface area contributed by atoms with Crippen LogP contribution in [-0.2, 0) is 13.0 Å². The van der Waals surface area contributed by atoms with Gasteiger partial charge in [0, 0.05) is 17.8 Å². The van der Waals surface area contributed by atoms with Crippen LogP contribution in [0.1, 0.15) is 34.1 Å². The lowest BCUT2D eigenvalue weighted by Crippen LogP contribution is -2.25. The fraction of sp³-hybridized carbons (Fsp3) is 0.357. The van der Waals surface area contributed by atoms with Gasteiger partial charge in [-0.1, -0.05) is 11.2 Å². The summed E-state index contributed by atoms with van der Waals surface area (Å²) in [6.07, 6.45) is 1.96. The Balaban J connectivity index is 0.00000161. The number of halogens is 1. The second-order valence-corrected chi connectivity index (χ2v) is 4.78. The normalized spacial score (nSPS) is 12.8. The molecule has 0 saturated heterocycles. The zero-order chi connectivity index (χ0) is 13.9. The summed E-state index contributed by atoms with van der Waals surface area (Å²) in [6.45, 7) is 2.95. The minimum Gasteiger partial charge on any atom is -0.385 e. The predicted molar refractivity (Wildman–Crippen MR) is 80.7 cm³/mol. The number of carbonyl (C=O) groups is 1. The fourth-order valence-electron chi connectivity index (χ4n) is 2.39. The van der Waals surface area contributed by atoms with Gasteiger partial charge in [0.1, 0.15) is 0 Å². The second kappa shape index (κ2) is 6.58. The zero-order valence-electron chi connectivity index (χ0n) is 11.7. The fourth-order valence-corrected chi connectivity index (χ4v) is 2.39. The highest BCUT2D eigenvalue weighted by atomic mass is 35.5. The molecule has 6 nitrogen and oxygen atoms in total. The van der Waals surface area contributed by atoms with Crippen LogP contribution >= 0.6 is 12.4 Å². The lowest BCUT2D eigenvalue weighted by Gasteiger charge is -2.20. The molecule has 0 radical (unpaired) electrons. The van der Waals surface area contributed by atoms with Gasteiger partial charge in [-0.15, -0.1) is 12.4 Å². The summed E-state index contributed by atoms with van der Waals surface area (Å²) in [5.41, 5.74) is 2.85. The highest BCUT2D eigenvalue weighted by Crippen LogP contribution is 2.25. The van der Waals surface area contributed by atoms with Gasteiger partial charge in [0.15, 0.2) is 5.82 Å². The Kier molecular flexibility index (Phi) is 4.80. The summed E-state index contributed by atoms with van der Waals surface area (Å²) in [7, 11) is 0. The van der Waals surface area contributed by atoms with Gasteiger partial charge in [0.05, 0.1) is 6.54 Å². The molecule has 0 spiro atoms.